The van der Waals surface area contributed by atoms with Crippen LogP contribution < -0.4 is 14.9 Å². The largest absolute Gasteiger partial charge is 0.376 e. The number of benzene rings is 4. The number of anilines is 2. The molecular weight excluding hydrogens is 820 g/mol. The quantitative estimate of drug-likeness (QED) is 0.0645. The predicted octanol–water partition coefficient (Wildman–Crippen LogP) is 7.95. The van der Waals surface area contributed by atoms with Crippen LogP contribution in [-0.2, 0) is 14.8 Å². The van der Waals surface area contributed by atoms with Gasteiger partial charge in [0.15, 0.2) is 0 Å². The Bertz CT molecular complexity index is 2290. The molecule has 3 aliphatic heterocycles. The van der Waals surface area contributed by atoms with Gasteiger partial charge < -0.3 is 15.0 Å². The molecule has 4 aliphatic rings. The van der Waals surface area contributed by atoms with Crippen molar-refractivity contribution in [3.8, 4) is 0 Å². The van der Waals surface area contributed by atoms with Crippen molar-refractivity contribution in [1.82, 2.24) is 14.5 Å². The van der Waals surface area contributed by atoms with E-state index in [-0.39, 0.29) is 34.0 Å². The minimum Gasteiger partial charge on any atom is -0.376 e. The van der Waals surface area contributed by atoms with E-state index in [9.17, 15) is 23.3 Å². The maximum atomic E-state index is 13.5. The van der Waals surface area contributed by atoms with Crippen molar-refractivity contribution in [2.45, 2.75) is 66.5 Å². The number of sulfonamides is 1. The van der Waals surface area contributed by atoms with Crippen molar-refractivity contribution >= 4 is 61.9 Å². The summed E-state index contributed by atoms with van der Waals surface area (Å²) >= 11 is 7.82. The average Bonchev–Trinajstić information content (AvgIpc) is 3.90. The fourth-order valence-electron chi connectivity index (χ4n) is 8.80. The lowest BCUT2D eigenvalue weighted by atomic mass is 9.87. The van der Waals surface area contributed by atoms with E-state index in [4.69, 9.17) is 16.3 Å². The van der Waals surface area contributed by atoms with E-state index < -0.39 is 20.9 Å². The van der Waals surface area contributed by atoms with E-state index in [2.05, 4.69) is 36.9 Å². The molecule has 0 aromatic heterocycles. The summed E-state index contributed by atoms with van der Waals surface area (Å²) in [4.78, 5) is 32.9. The molecule has 1 aliphatic carbocycles. The summed E-state index contributed by atoms with van der Waals surface area (Å²) in [6.07, 6.45) is 6.66. The van der Waals surface area contributed by atoms with Crippen LogP contribution >= 0.6 is 23.4 Å². The zero-order valence-corrected chi connectivity index (χ0v) is 35.9. The maximum Gasteiger partial charge on any atom is 0.293 e. The van der Waals surface area contributed by atoms with Crippen LogP contribution in [0.15, 0.2) is 112 Å². The van der Waals surface area contributed by atoms with Crippen molar-refractivity contribution in [2.24, 2.45) is 0 Å². The zero-order valence-electron chi connectivity index (χ0n) is 33.5. The molecule has 3 saturated heterocycles. The predicted molar refractivity (Wildman–Crippen MR) is 239 cm³/mol. The molecule has 0 radical (unpaired) electrons. The summed E-state index contributed by atoms with van der Waals surface area (Å²) in [7, 11) is -4.43. The normalized spacial score (nSPS) is 20.3. The first-order valence-corrected chi connectivity index (χ1v) is 23.6. The van der Waals surface area contributed by atoms with Gasteiger partial charge in [-0.05, 0) is 110 Å². The van der Waals surface area contributed by atoms with Crippen molar-refractivity contribution in [1.29, 1.82) is 0 Å². The number of nitro benzene ring substituents is 1. The third-order valence-corrected chi connectivity index (χ3v) is 14.8. The van der Waals surface area contributed by atoms with Crippen LogP contribution in [0.25, 0.3) is 5.57 Å². The first-order chi connectivity index (χ1) is 29.1. The van der Waals surface area contributed by atoms with Crippen LogP contribution in [0.4, 0.5) is 17.1 Å². The number of nitrogens with one attached hydrogen (secondary N) is 2. The fraction of sp³-hybridized carbons (Fsp3) is 0.400. The number of ether oxygens (including phenoxy) is 1. The summed E-state index contributed by atoms with van der Waals surface area (Å²) in [5, 5.41) is 16.5. The Labute approximate surface area is 361 Å². The number of piperazine rings is 1. The van der Waals surface area contributed by atoms with E-state index in [1.165, 1.54) is 41.7 Å². The molecule has 8 rings (SSSR count). The second-order valence-electron chi connectivity index (χ2n) is 16.1. The second-order valence-corrected chi connectivity index (χ2v) is 19.3. The van der Waals surface area contributed by atoms with E-state index in [0.717, 1.165) is 99.8 Å². The van der Waals surface area contributed by atoms with Crippen molar-refractivity contribution < 1.29 is 22.9 Å². The van der Waals surface area contributed by atoms with Gasteiger partial charge in [0.2, 0.25) is 0 Å². The molecule has 15 heteroatoms. The number of hydrogen-bond donors (Lipinski definition) is 2. The monoisotopic (exact) mass is 870 g/mol. The highest BCUT2D eigenvalue weighted by Crippen LogP contribution is 2.35. The number of hydrogen-bond acceptors (Lipinski definition) is 11. The number of thioether (sulfide) groups is 1. The SMILES string of the molecule is O=C(NS(=O)(=O)c1ccc(N[C@H](CCN2CC3CC2CO3)CSc2ccccc2)c([N+](=O)[O-])c1)c1ccc(N2CCN(CC3=C(c4ccc(Cl)cc4)CCCC3)CC2)cc1. The van der Waals surface area contributed by atoms with Crippen molar-refractivity contribution in [3.63, 3.8) is 0 Å². The number of nitrogens with zero attached hydrogens (tertiary/aromatic N) is 4. The molecule has 2 N–H and O–H groups in total. The highest BCUT2D eigenvalue weighted by molar-refractivity contribution is 7.99. The Morgan fingerprint density at radius 1 is 0.950 bits per heavy atom. The number of rotatable bonds is 16. The Hall–Kier alpha value is -4.44. The van der Waals surface area contributed by atoms with Gasteiger partial charge in [0.25, 0.3) is 21.6 Å². The molecule has 60 heavy (non-hydrogen) atoms. The Morgan fingerprint density at radius 3 is 2.40 bits per heavy atom. The highest BCUT2D eigenvalue weighted by Gasteiger charge is 2.39. The third kappa shape index (κ3) is 10.4. The molecule has 0 spiro atoms. The first kappa shape index (κ1) is 42.3. The molecule has 316 valence electrons. The number of morpholine rings is 1. The molecule has 3 fully saturated rings. The molecule has 2 bridgehead atoms. The molecule has 3 heterocycles. The zero-order chi connectivity index (χ0) is 41.6. The fourth-order valence-corrected chi connectivity index (χ4v) is 10.9. The van der Waals surface area contributed by atoms with Crippen LogP contribution in [0.1, 0.15) is 54.4 Å². The average molecular weight is 872 g/mol. The number of likely N-dealkylation sites (tertiary alicyclic amines) is 1. The lowest BCUT2D eigenvalue weighted by Crippen LogP contribution is -2.47. The van der Waals surface area contributed by atoms with Crippen molar-refractivity contribution in [3.05, 3.63) is 129 Å². The number of carbonyl (C=O) groups excluding carboxylic acids is 1. The summed E-state index contributed by atoms with van der Waals surface area (Å²) in [6.45, 7) is 6.84. The molecular formula is C45H51ClN6O6S2. The number of carbonyl (C=O) groups is 1. The molecule has 4 aromatic rings. The van der Waals surface area contributed by atoms with Gasteiger partial charge in [-0.25, -0.2) is 13.1 Å². The van der Waals surface area contributed by atoms with Crippen LogP contribution in [0.2, 0.25) is 5.02 Å². The van der Waals surface area contributed by atoms with Gasteiger partial charge in [-0.3, -0.25) is 24.7 Å². The number of allylic oxidation sites excluding steroid dienone is 1. The van der Waals surface area contributed by atoms with Gasteiger partial charge in [0, 0.05) is 90.9 Å². The minimum absolute atomic E-state index is 0.142. The van der Waals surface area contributed by atoms with Crippen LogP contribution in [0.3, 0.4) is 0 Å². The Balaban J connectivity index is 0.877. The van der Waals surface area contributed by atoms with Crippen molar-refractivity contribution in [2.75, 3.05) is 68.4 Å². The van der Waals surface area contributed by atoms with E-state index >= 15 is 0 Å². The maximum absolute atomic E-state index is 13.5. The van der Waals surface area contributed by atoms with E-state index in [0.29, 0.717) is 11.8 Å². The molecule has 0 saturated carbocycles. The van der Waals surface area contributed by atoms with E-state index in [1.807, 2.05) is 54.6 Å². The minimum atomic E-state index is -4.43. The molecule has 2 unspecified atom stereocenters. The van der Waals surface area contributed by atoms with Crippen LogP contribution in [-0.4, -0.2) is 105 Å². The Kier molecular flexibility index (Phi) is 13.4. The molecule has 12 nitrogen and oxygen atoms in total. The number of halogens is 1. The number of amides is 1. The summed E-state index contributed by atoms with van der Waals surface area (Å²) in [6, 6.07) is 29.0. The van der Waals surface area contributed by atoms with Gasteiger partial charge in [-0.15, -0.1) is 11.8 Å². The van der Waals surface area contributed by atoms with Gasteiger partial charge in [-0.1, -0.05) is 47.5 Å². The smallest absolute Gasteiger partial charge is 0.293 e. The third-order valence-electron chi connectivity index (χ3n) is 12.1. The van der Waals surface area contributed by atoms with Gasteiger partial charge in [0.1, 0.15) is 5.69 Å². The highest BCUT2D eigenvalue weighted by atomic mass is 35.5. The lowest BCUT2D eigenvalue weighted by Gasteiger charge is -2.37. The number of fused-ring (bicyclic) bond motifs is 2. The molecule has 1 amide bonds. The van der Waals surface area contributed by atoms with Crippen LogP contribution in [0.5, 0.6) is 0 Å². The number of nitro groups is 1. The topological polar surface area (TPSA) is 137 Å². The van der Waals surface area contributed by atoms with Gasteiger partial charge in [-0.2, -0.15) is 0 Å². The second kappa shape index (κ2) is 19.1. The van der Waals surface area contributed by atoms with E-state index in [1.54, 1.807) is 23.9 Å². The molecule has 4 aromatic carbocycles. The van der Waals surface area contributed by atoms with Gasteiger partial charge >= 0.3 is 0 Å². The van der Waals surface area contributed by atoms with Crippen LogP contribution in [0, 0.1) is 10.1 Å². The standard InChI is InChI=1S/C45H51ClN6O6S2/c46-35-14-10-32(11-15-35)42-9-5-4-6-34(42)28-49-22-24-50(25-23-49)37-16-12-33(13-17-37)45(53)48-60(56,57)41-18-19-43(44(27-41)52(54)55)47-36(31-59-40-7-2-1-3-8-40)20-21-51-29-39-26-38(51)30-58-39/h1-3,7-8,10-19,27,36,38-39,47H,4-6,9,20-26,28-31H2,(H,48,53)/t36-,38?,39?/m1/s1. The Morgan fingerprint density at radius 2 is 1.70 bits per heavy atom. The first-order valence-electron chi connectivity index (χ1n) is 20.8. The van der Waals surface area contributed by atoms with Gasteiger partial charge in [0.05, 0.1) is 22.5 Å². The summed E-state index contributed by atoms with van der Waals surface area (Å²) in [5.74, 6) is -0.164. The summed E-state index contributed by atoms with van der Waals surface area (Å²) in [5.41, 5.74) is 5.19. The summed E-state index contributed by atoms with van der Waals surface area (Å²) < 4.78 is 34.8. The lowest BCUT2D eigenvalue weighted by molar-refractivity contribution is -0.384. The molecule has 3 atom stereocenters.